The van der Waals surface area contributed by atoms with Crippen molar-refractivity contribution < 1.29 is 0 Å². The lowest BCUT2D eigenvalue weighted by atomic mass is 10.0. The van der Waals surface area contributed by atoms with E-state index in [1.807, 2.05) is 24.3 Å². The lowest BCUT2D eigenvalue weighted by Gasteiger charge is -2.12. The summed E-state index contributed by atoms with van der Waals surface area (Å²) in [6.45, 7) is 7.84. The minimum Gasteiger partial charge on any atom is -0.319 e. The molecule has 6 aromatic carbocycles. The highest BCUT2D eigenvalue weighted by Gasteiger charge is 2.18. The summed E-state index contributed by atoms with van der Waals surface area (Å²) in [5.74, 6) is 0. The number of hydrogen-bond donors (Lipinski definition) is 0. The molecule has 0 atom stereocenters. The summed E-state index contributed by atoms with van der Waals surface area (Å²) in [6.07, 6.45) is 0. The SMILES string of the molecule is [C-]#[N+]c1ccccc1-n1c2ccccc2c2ccc(-n3c4ccccc4c4ccc(-c5ccccc5)cc43)cc21. The van der Waals surface area contributed by atoms with Gasteiger partial charge in [0.05, 0.1) is 34.3 Å². The van der Waals surface area contributed by atoms with Gasteiger partial charge in [0, 0.05) is 27.2 Å². The van der Waals surface area contributed by atoms with E-state index in [4.69, 9.17) is 6.57 Å². The van der Waals surface area contributed by atoms with Crippen molar-refractivity contribution in [3.63, 3.8) is 0 Å². The summed E-state index contributed by atoms with van der Waals surface area (Å²) in [5.41, 5.74) is 9.55. The third-order valence-electron chi connectivity index (χ3n) is 7.94. The molecule has 3 nitrogen and oxygen atoms in total. The molecule has 0 fully saturated rings. The van der Waals surface area contributed by atoms with Crippen molar-refractivity contribution in [2.45, 2.75) is 0 Å². The lowest BCUT2D eigenvalue weighted by Crippen LogP contribution is -1.97. The topological polar surface area (TPSA) is 14.2 Å². The third kappa shape index (κ3) is 3.24. The smallest absolute Gasteiger partial charge is 0.210 e. The second-order valence-corrected chi connectivity index (χ2v) is 10.1. The first-order valence-electron chi connectivity index (χ1n) is 13.4. The van der Waals surface area contributed by atoms with Gasteiger partial charge in [-0.1, -0.05) is 103 Å². The van der Waals surface area contributed by atoms with Crippen molar-refractivity contribution in [1.82, 2.24) is 9.13 Å². The minimum atomic E-state index is 0.639. The van der Waals surface area contributed by atoms with Crippen LogP contribution in [-0.2, 0) is 0 Å². The van der Waals surface area contributed by atoms with Crippen LogP contribution in [0.4, 0.5) is 5.69 Å². The first kappa shape index (κ1) is 22.4. The fourth-order valence-electron chi connectivity index (χ4n) is 6.16. The van der Waals surface area contributed by atoms with E-state index in [1.54, 1.807) is 0 Å². The normalized spacial score (nSPS) is 11.5. The largest absolute Gasteiger partial charge is 0.319 e. The fourth-order valence-corrected chi connectivity index (χ4v) is 6.16. The molecule has 8 aromatic rings. The molecule has 0 bridgehead atoms. The van der Waals surface area contributed by atoms with Crippen molar-refractivity contribution in [1.29, 1.82) is 0 Å². The van der Waals surface area contributed by atoms with Crippen LogP contribution in [0.5, 0.6) is 0 Å². The lowest BCUT2D eigenvalue weighted by molar-refractivity contribution is 1.16. The Morgan fingerprint density at radius 1 is 0.425 bits per heavy atom. The number of aromatic nitrogens is 2. The first-order valence-corrected chi connectivity index (χ1v) is 13.4. The van der Waals surface area contributed by atoms with E-state index < -0.39 is 0 Å². The van der Waals surface area contributed by atoms with Crippen LogP contribution in [-0.4, -0.2) is 9.13 Å². The zero-order valence-electron chi connectivity index (χ0n) is 21.6. The van der Waals surface area contributed by atoms with Gasteiger partial charge in [-0.25, -0.2) is 4.85 Å². The van der Waals surface area contributed by atoms with E-state index in [1.165, 1.54) is 43.7 Å². The maximum Gasteiger partial charge on any atom is 0.210 e. The molecule has 2 heterocycles. The maximum absolute atomic E-state index is 7.84. The van der Waals surface area contributed by atoms with Crippen molar-refractivity contribution in [2.24, 2.45) is 0 Å². The number of benzene rings is 6. The van der Waals surface area contributed by atoms with E-state index in [-0.39, 0.29) is 0 Å². The van der Waals surface area contributed by atoms with Crippen LogP contribution in [0.2, 0.25) is 0 Å². The molecule has 0 radical (unpaired) electrons. The Hall–Kier alpha value is -5.59. The molecule has 2 aromatic heterocycles. The van der Waals surface area contributed by atoms with E-state index in [9.17, 15) is 0 Å². The highest BCUT2D eigenvalue weighted by molar-refractivity contribution is 6.12. The van der Waals surface area contributed by atoms with Crippen LogP contribution in [0, 0.1) is 6.57 Å². The molecular weight excluding hydrogens is 486 g/mol. The molecule has 0 amide bonds. The Labute approximate surface area is 231 Å². The quantitative estimate of drug-likeness (QED) is 0.210. The van der Waals surface area contributed by atoms with E-state index in [0.717, 1.165) is 22.4 Å². The number of rotatable bonds is 3. The Bertz CT molecular complexity index is 2280. The highest BCUT2D eigenvalue weighted by Crippen LogP contribution is 2.39. The molecule has 0 N–H and O–H groups in total. The average molecular weight is 510 g/mol. The zero-order valence-corrected chi connectivity index (χ0v) is 21.6. The molecular formula is C37H23N3. The van der Waals surface area contributed by atoms with Crippen LogP contribution < -0.4 is 0 Å². The average Bonchev–Trinajstić information content (AvgIpc) is 3.53. The van der Waals surface area contributed by atoms with Crippen molar-refractivity contribution in [3.8, 4) is 22.5 Å². The molecule has 3 heteroatoms. The monoisotopic (exact) mass is 509 g/mol. The molecule has 0 aliphatic rings. The number of para-hydroxylation sites is 4. The molecule has 0 saturated carbocycles. The standard InChI is InChI=1S/C37H23N3/c1-38-32-15-7-10-18-35(32)40-34-17-9-6-14-29(34)31-22-20-27(24-37(31)40)39-33-16-8-5-13-28(33)30-21-19-26(23-36(30)39)25-11-3-2-4-12-25/h2-24H. The van der Waals surface area contributed by atoms with Gasteiger partial charge in [-0.15, -0.1) is 0 Å². The summed E-state index contributed by atoms with van der Waals surface area (Å²) in [7, 11) is 0. The number of fused-ring (bicyclic) bond motifs is 6. The van der Waals surface area contributed by atoms with Gasteiger partial charge in [-0.05, 0) is 47.5 Å². The molecule has 186 valence electrons. The molecule has 0 saturated heterocycles. The van der Waals surface area contributed by atoms with Crippen molar-refractivity contribution in [3.05, 3.63) is 151 Å². The van der Waals surface area contributed by atoms with Crippen LogP contribution in [0.15, 0.2) is 140 Å². The summed E-state index contributed by atoms with van der Waals surface area (Å²) >= 11 is 0. The Balaban J connectivity index is 1.47. The van der Waals surface area contributed by atoms with Crippen molar-refractivity contribution >= 4 is 49.3 Å². The predicted molar refractivity (Wildman–Crippen MR) is 167 cm³/mol. The molecule has 0 spiro atoms. The molecule has 0 aliphatic carbocycles. The summed E-state index contributed by atoms with van der Waals surface area (Å²) in [5, 5.41) is 4.81. The van der Waals surface area contributed by atoms with Crippen LogP contribution in [0.25, 0.3) is 71.0 Å². The van der Waals surface area contributed by atoms with Gasteiger partial charge in [0.15, 0.2) is 0 Å². The highest BCUT2D eigenvalue weighted by atomic mass is 15.0. The second-order valence-electron chi connectivity index (χ2n) is 10.1. The second kappa shape index (κ2) is 8.73. The van der Waals surface area contributed by atoms with Gasteiger partial charge in [0.1, 0.15) is 0 Å². The van der Waals surface area contributed by atoms with Gasteiger partial charge in [0.2, 0.25) is 5.69 Å². The summed E-state index contributed by atoms with van der Waals surface area (Å²) in [6, 6.07) is 49.0. The Morgan fingerprint density at radius 3 is 1.75 bits per heavy atom. The van der Waals surface area contributed by atoms with Gasteiger partial charge >= 0.3 is 0 Å². The van der Waals surface area contributed by atoms with Crippen molar-refractivity contribution in [2.75, 3.05) is 0 Å². The van der Waals surface area contributed by atoms with Crippen LogP contribution in [0.3, 0.4) is 0 Å². The van der Waals surface area contributed by atoms with E-state index in [0.29, 0.717) is 5.69 Å². The molecule has 0 unspecified atom stereocenters. The molecule has 0 aliphatic heterocycles. The van der Waals surface area contributed by atoms with Crippen LogP contribution in [0.1, 0.15) is 0 Å². The Morgan fingerprint density at radius 2 is 1.00 bits per heavy atom. The zero-order chi connectivity index (χ0) is 26.6. The van der Waals surface area contributed by atoms with E-state index >= 15 is 0 Å². The number of nitrogens with zero attached hydrogens (tertiary/aromatic N) is 3. The minimum absolute atomic E-state index is 0.639. The van der Waals surface area contributed by atoms with E-state index in [2.05, 4.69) is 129 Å². The fraction of sp³-hybridized carbons (Fsp3) is 0. The van der Waals surface area contributed by atoms with Crippen LogP contribution >= 0.6 is 0 Å². The van der Waals surface area contributed by atoms with Gasteiger partial charge in [-0.2, -0.15) is 0 Å². The number of hydrogen-bond acceptors (Lipinski definition) is 0. The Kier molecular flexibility index (Phi) is 4.89. The molecule has 40 heavy (non-hydrogen) atoms. The summed E-state index contributed by atoms with van der Waals surface area (Å²) < 4.78 is 4.62. The predicted octanol–water partition coefficient (Wildman–Crippen LogP) is 10.1. The summed E-state index contributed by atoms with van der Waals surface area (Å²) in [4.78, 5) is 3.86. The van der Waals surface area contributed by atoms with Gasteiger partial charge in [-0.3, -0.25) is 0 Å². The molecule has 8 rings (SSSR count). The van der Waals surface area contributed by atoms with Gasteiger partial charge < -0.3 is 9.13 Å². The third-order valence-corrected chi connectivity index (χ3v) is 7.94. The first-order chi connectivity index (χ1) is 19.8. The van der Waals surface area contributed by atoms with Gasteiger partial charge in [0.25, 0.3) is 0 Å². The maximum atomic E-state index is 7.84.